The Balaban J connectivity index is 1.79. The normalized spacial score (nSPS) is 10.5. The van der Waals surface area contributed by atoms with E-state index in [-0.39, 0.29) is 11.7 Å². The Hall–Kier alpha value is -3.37. The van der Waals surface area contributed by atoms with E-state index in [2.05, 4.69) is 22.1 Å². The summed E-state index contributed by atoms with van der Waals surface area (Å²) in [5.41, 5.74) is 1.24. The molecule has 1 aromatic heterocycles. The van der Waals surface area contributed by atoms with Crippen LogP contribution in [-0.4, -0.2) is 54.9 Å². The third-order valence-electron chi connectivity index (χ3n) is 4.75. The molecule has 0 aliphatic heterocycles. The molecule has 1 N–H and O–H groups in total. The van der Waals surface area contributed by atoms with Gasteiger partial charge in [-0.25, -0.2) is 0 Å². The molecular weight excluding hydrogens is 480 g/mol. The fourth-order valence-corrected chi connectivity index (χ4v) is 4.13. The van der Waals surface area contributed by atoms with E-state index < -0.39 is 0 Å². The number of carbonyl (C=O) groups is 1. The molecular formula is C23H25ClN4O5S. The van der Waals surface area contributed by atoms with Crippen molar-refractivity contribution in [3.63, 3.8) is 0 Å². The molecule has 3 aromatic rings. The lowest BCUT2D eigenvalue weighted by Gasteiger charge is -2.13. The van der Waals surface area contributed by atoms with Gasteiger partial charge in [-0.3, -0.25) is 9.36 Å². The molecule has 1 heterocycles. The number of allylic oxidation sites excluding steroid dienone is 1. The van der Waals surface area contributed by atoms with Crippen LogP contribution in [0.3, 0.4) is 0 Å². The smallest absolute Gasteiger partial charge is 0.234 e. The van der Waals surface area contributed by atoms with E-state index in [4.69, 9.17) is 30.5 Å². The van der Waals surface area contributed by atoms with Gasteiger partial charge >= 0.3 is 0 Å². The van der Waals surface area contributed by atoms with Crippen molar-refractivity contribution in [2.75, 3.05) is 39.5 Å². The van der Waals surface area contributed by atoms with Crippen LogP contribution in [0, 0.1) is 0 Å². The largest absolute Gasteiger partial charge is 0.495 e. The SMILES string of the molecule is C=CCn1c(SCC(=O)Nc2cc(OC)c(Cl)cc2OC)nnc1-c1ccc(OC)c(OC)c1. The molecule has 2 aromatic carbocycles. The fraction of sp³-hybridized carbons (Fsp3) is 0.261. The van der Waals surface area contributed by atoms with Gasteiger partial charge in [-0.1, -0.05) is 29.4 Å². The van der Waals surface area contributed by atoms with Crippen LogP contribution in [0.15, 0.2) is 48.1 Å². The van der Waals surface area contributed by atoms with E-state index in [1.807, 2.05) is 16.7 Å². The van der Waals surface area contributed by atoms with Gasteiger partial charge in [0.25, 0.3) is 0 Å². The topological polar surface area (TPSA) is 96.7 Å². The average molecular weight is 505 g/mol. The molecule has 0 aliphatic rings. The first-order chi connectivity index (χ1) is 16.4. The molecule has 0 spiro atoms. The van der Waals surface area contributed by atoms with Crippen molar-refractivity contribution in [3.8, 4) is 34.4 Å². The van der Waals surface area contributed by atoms with Crippen LogP contribution in [0.2, 0.25) is 5.02 Å². The van der Waals surface area contributed by atoms with Crippen molar-refractivity contribution >= 4 is 35.0 Å². The predicted molar refractivity (Wildman–Crippen MR) is 133 cm³/mol. The maximum absolute atomic E-state index is 12.7. The highest BCUT2D eigenvalue weighted by atomic mass is 35.5. The minimum absolute atomic E-state index is 0.0926. The molecule has 3 rings (SSSR count). The van der Waals surface area contributed by atoms with Gasteiger partial charge in [0, 0.05) is 24.2 Å². The van der Waals surface area contributed by atoms with Gasteiger partial charge in [0.15, 0.2) is 22.5 Å². The van der Waals surface area contributed by atoms with Crippen molar-refractivity contribution in [3.05, 3.63) is 48.0 Å². The van der Waals surface area contributed by atoms with Crippen molar-refractivity contribution in [2.24, 2.45) is 0 Å². The first kappa shape index (κ1) is 25.3. The summed E-state index contributed by atoms with van der Waals surface area (Å²) in [5.74, 6) is 2.50. The van der Waals surface area contributed by atoms with Crippen LogP contribution in [0.1, 0.15) is 0 Å². The third kappa shape index (κ3) is 5.57. The Kier molecular flexibility index (Phi) is 8.67. The van der Waals surface area contributed by atoms with E-state index in [9.17, 15) is 4.79 Å². The number of carbonyl (C=O) groups excluding carboxylic acids is 1. The number of halogens is 1. The number of thioether (sulfide) groups is 1. The summed E-state index contributed by atoms with van der Waals surface area (Å²) in [7, 11) is 6.14. The third-order valence-corrected chi connectivity index (χ3v) is 6.01. The van der Waals surface area contributed by atoms with E-state index >= 15 is 0 Å². The van der Waals surface area contributed by atoms with E-state index in [1.54, 1.807) is 38.5 Å². The lowest BCUT2D eigenvalue weighted by Crippen LogP contribution is -2.15. The molecule has 9 nitrogen and oxygen atoms in total. The molecule has 0 fully saturated rings. The zero-order valence-electron chi connectivity index (χ0n) is 19.3. The number of nitrogens with one attached hydrogen (secondary N) is 1. The van der Waals surface area contributed by atoms with Crippen molar-refractivity contribution < 1.29 is 23.7 Å². The second-order valence-electron chi connectivity index (χ2n) is 6.80. The molecule has 0 bridgehead atoms. The van der Waals surface area contributed by atoms with Crippen molar-refractivity contribution in [1.29, 1.82) is 0 Å². The number of methoxy groups -OCH3 is 4. The number of rotatable bonds is 11. The molecule has 0 unspecified atom stereocenters. The first-order valence-corrected chi connectivity index (χ1v) is 11.4. The molecule has 1 amide bonds. The van der Waals surface area contributed by atoms with Crippen LogP contribution >= 0.6 is 23.4 Å². The number of ether oxygens (including phenoxy) is 4. The lowest BCUT2D eigenvalue weighted by atomic mass is 10.2. The highest BCUT2D eigenvalue weighted by Gasteiger charge is 2.18. The minimum atomic E-state index is -0.256. The molecule has 0 radical (unpaired) electrons. The Morgan fingerprint density at radius 1 is 1.03 bits per heavy atom. The van der Waals surface area contributed by atoms with Gasteiger partial charge in [0.05, 0.1) is 44.9 Å². The number of hydrogen-bond acceptors (Lipinski definition) is 8. The number of hydrogen-bond donors (Lipinski definition) is 1. The summed E-state index contributed by atoms with van der Waals surface area (Å²) in [6.45, 7) is 4.28. The maximum Gasteiger partial charge on any atom is 0.234 e. The van der Waals surface area contributed by atoms with Crippen LogP contribution in [0.5, 0.6) is 23.0 Å². The molecule has 34 heavy (non-hydrogen) atoms. The summed E-state index contributed by atoms with van der Waals surface area (Å²) in [4.78, 5) is 12.7. The number of amides is 1. The van der Waals surface area contributed by atoms with E-state index in [0.717, 1.165) is 5.56 Å². The zero-order chi connectivity index (χ0) is 24.7. The van der Waals surface area contributed by atoms with Crippen LogP contribution in [0.4, 0.5) is 5.69 Å². The van der Waals surface area contributed by atoms with E-state index in [1.165, 1.54) is 26.0 Å². The second-order valence-corrected chi connectivity index (χ2v) is 8.15. The lowest BCUT2D eigenvalue weighted by molar-refractivity contribution is -0.113. The Morgan fingerprint density at radius 2 is 1.74 bits per heavy atom. The number of nitrogens with zero attached hydrogens (tertiary/aromatic N) is 3. The Bertz CT molecular complexity index is 1180. The van der Waals surface area contributed by atoms with Gasteiger partial charge in [0.1, 0.15) is 11.5 Å². The summed E-state index contributed by atoms with van der Waals surface area (Å²) < 4.78 is 23.1. The number of benzene rings is 2. The summed E-state index contributed by atoms with van der Waals surface area (Å²) in [6.07, 6.45) is 1.74. The fourth-order valence-electron chi connectivity index (χ4n) is 3.15. The molecule has 0 aliphatic carbocycles. The molecule has 180 valence electrons. The molecule has 0 saturated heterocycles. The molecule has 11 heteroatoms. The van der Waals surface area contributed by atoms with Gasteiger partial charge in [0.2, 0.25) is 5.91 Å². The van der Waals surface area contributed by atoms with Gasteiger partial charge in [-0.2, -0.15) is 0 Å². The highest BCUT2D eigenvalue weighted by molar-refractivity contribution is 7.99. The maximum atomic E-state index is 12.7. The minimum Gasteiger partial charge on any atom is -0.495 e. The van der Waals surface area contributed by atoms with Gasteiger partial charge in [-0.15, -0.1) is 16.8 Å². The van der Waals surface area contributed by atoms with Gasteiger partial charge < -0.3 is 24.3 Å². The number of aromatic nitrogens is 3. The van der Waals surface area contributed by atoms with Crippen LogP contribution in [0.25, 0.3) is 11.4 Å². The van der Waals surface area contributed by atoms with Crippen LogP contribution in [-0.2, 0) is 11.3 Å². The quantitative estimate of drug-likeness (QED) is 0.300. The predicted octanol–water partition coefficient (Wildman–Crippen LogP) is 4.55. The monoisotopic (exact) mass is 504 g/mol. The molecule has 0 saturated carbocycles. The van der Waals surface area contributed by atoms with Gasteiger partial charge in [-0.05, 0) is 18.2 Å². The van der Waals surface area contributed by atoms with E-state index in [0.29, 0.717) is 51.2 Å². The average Bonchev–Trinajstić information content (AvgIpc) is 3.25. The highest BCUT2D eigenvalue weighted by Crippen LogP contribution is 2.36. The Morgan fingerprint density at radius 3 is 2.38 bits per heavy atom. The zero-order valence-corrected chi connectivity index (χ0v) is 20.8. The number of anilines is 1. The summed E-state index contributed by atoms with van der Waals surface area (Å²) >= 11 is 7.38. The van der Waals surface area contributed by atoms with Crippen LogP contribution < -0.4 is 24.3 Å². The van der Waals surface area contributed by atoms with Crippen molar-refractivity contribution in [2.45, 2.75) is 11.7 Å². The summed E-state index contributed by atoms with van der Waals surface area (Å²) in [6, 6.07) is 8.68. The first-order valence-electron chi connectivity index (χ1n) is 10.1. The standard InChI is InChI=1S/C23H25ClN4O5S/c1-6-9-28-22(14-7-8-17(30-2)20(10-14)33-5)26-27-23(28)34-13-21(29)25-16-12-18(31-3)15(24)11-19(16)32-4/h6-8,10-12H,1,9,13H2,2-5H3,(H,25,29). The van der Waals surface area contributed by atoms with Crippen molar-refractivity contribution in [1.82, 2.24) is 14.8 Å². The second kappa shape index (κ2) is 11.7. The Labute approximate surface area is 207 Å². The summed E-state index contributed by atoms with van der Waals surface area (Å²) in [5, 5.41) is 12.4. The molecule has 0 atom stereocenters.